The minimum Gasteiger partial charge on any atom is -0.494 e. The molecule has 0 N–H and O–H groups in total. The van der Waals surface area contributed by atoms with Crippen LogP contribution in [-0.4, -0.2) is 49.7 Å². The molecule has 0 heterocycles. The van der Waals surface area contributed by atoms with Gasteiger partial charge in [-0.3, -0.25) is 9.79 Å². The average Bonchev–Trinajstić information content (AvgIpc) is 3.04. The van der Waals surface area contributed by atoms with E-state index in [0.29, 0.717) is 44.2 Å². The Morgan fingerprint density at radius 1 is 0.727 bits per heavy atom. The number of ether oxygens (including phenoxy) is 4. The zero-order chi connectivity index (χ0) is 31.6. The summed E-state index contributed by atoms with van der Waals surface area (Å²) in [5, 5.41) is -0.0605. The molecular formula is C35H37NO7S. The van der Waals surface area contributed by atoms with E-state index in [1.54, 1.807) is 30.5 Å². The summed E-state index contributed by atoms with van der Waals surface area (Å²) in [6.07, 6.45) is 7.01. The van der Waals surface area contributed by atoms with Gasteiger partial charge in [-0.05, 0) is 122 Å². The van der Waals surface area contributed by atoms with Gasteiger partial charge in [0.2, 0.25) is 5.12 Å². The number of carbonyl (C=O) groups excluding carboxylic acids is 3. The van der Waals surface area contributed by atoms with E-state index < -0.39 is 11.9 Å². The zero-order valence-corrected chi connectivity index (χ0v) is 25.7. The predicted octanol–water partition coefficient (Wildman–Crippen LogP) is 7.45. The number of nitrogens with zero attached hydrogens (tertiary/aromatic N) is 1. The van der Waals surface area contributed by atoms with Gasteiger partial charge in [-0.1, -0.05) is 13.2 Å². The number of aryl methyl sites for hydroxylation is 1. The van der Waals surface area contributed by atoms with E-state index in [0.717, 1.165) is 58.9 Å². The van der Waals surface area contributed by atoms with Crippen molar-refractivity contribution in [3.63, 3.8) is 0 Å². The van der Waals surface area contributed by atoms with Gasteiger partial charge in [0.25, 0.3) is 0 Å². The second kappa shape index (κ2) is 18.8. The van der Waals surface area contributed by atoms with E-state index >= 15 is 0 Å². The summed E-state index contributed by atoms with van der Waals surface area (Å²) < 4.78 is 21.3. The third-order valence-electron chi connectivity index (χ3n) is 6.14. The molecule has 0 radical (unpaired) electrons. The van der Waals surface area contributed by atoms with E-state index in [9.17, 15) is 14.4 Å². The first-order chi connectivity index (χ1) is 21.4. The van der Waals surface area contributed by atoms with Crippen LogP contribution in [0.25, 0.3) is 0 Å². The van der Waals surface area contributed by atoms with Gasteiger partial charge in [-0.15, -0.1) is 0 Å². The molecular weight excluding hydrogens is 578 g/mol. The number of rotatable bonds is 18. The molecule has 0 unspecified atom stereocenters. The number of aliphatic imine (C=N–C) groups is 1. The van der Waals surface area contributed by atoms with Crippen LogP contribution in [0.1, 0.15) is 47.2 Å². The Hall–Kier alpha value is -4.63. The summed E-state index contributed by atoms with van der Waals surface area (Å²) >= 11 is 1.17. The van der Waals surface area contributed by atoms with Crippen molar-refractivity contribution in [1.29, 1.82) is 0 Å². The molecule has 9 heteroatoms. The molecule has 0 aliphatic carbocycles. The molecule has 0 amide bonds. The molecule has 0 saturated carbocycles. The number of unbranched alkanes of at least 4 members (excludes halogenated alkanes) is 2. The number of esters is 2. The van der Waals surface area contributed by atoms with Crippen LogP contribution < -0.4 is 9.47 Å². The van der Waals surface area contributed by atoms with Crippen molar-refractivity contribution in [3.8, 4) is 11.5 Å². The molecule has 0 aliphatic heterocycles. The molecule has 230 valence electrons. The summed E-state index contributed by atoms with van der Waals surface area (Å²) in [7, 11) is 0. The fourth-order valence-electron chi connectivity index (χ4n) is 3.74. The highest BCUT2D eigenvalue weighted by Gasteiger charge is 2.10. The number of benzene rings is 3. The summed E-state index contributed by atoms with van der Waals surface area (Å²) in [5.41, 5.74) is 3.29. The predicted molar refractivity (Wildman–Crippen MR) is 173 cm³/mol. The maximum Gasteiger partial charge on any atom is 0.330 e. The minimum absolute atomic E-state index is 0.0605. The van der Waals surface area contributed by atoms with Gasteiger partial charge < -0.3 is 18.9 Å². The SMILES string of the molecule is C=CC(=O)OCCCCOc1ccc(C=Nc2ccc(SC(=O)c3ccc(OCCCCOC(=O)C=C)cc3)cc2C)cc1. The molecule has 0 aliphatic rings. The standard InChI is InChI=1S/C35H37NO7S/c1-4-33(37)42-22-8-6-20-40-29-14-10-27(11-15-29)25-36-32-19-18-31(24-26(32)3)44-35(39)28-12-16-30(17-13-28)41-21-7-9-23-43-34(38)5-2/h4-5,10-19,24-25H,1-2,6-9,20-23H2,3H3. The first-order valence-corrected chi connectivity index (χ1v) is 15.1. The highest BCUT2D eigenvalue weighted by molar-refractivity contribution is 8.14. The molecule has 3 aromatic rings. The molecule has 3 rings (SSSR count). The average molecular weight is 616 g/mol. The Bertz CT molecular complexity index is 1430. The maximum absolute atomic E-state index is 12.8. The van der Waals surface area contributed by atoms with E-state index in [4.69, 9.17) is 18.9 Å². The lowest BCUT2D eigenvalue weighted by molar-refractivity contribution is -0.138. The smallest absolute Gasteiger partial charge is 0.330 e. The lowest BCUT2D eigenvalue weighted by atomic mass is 10.2. The summed E-state index contributed by atoms with van der Waals surface area (Å²) in [4.78, 5) is 40.3. The van der Waals surface area contributed by atoms with Gasteiger partial charge in [-0.2, -0.15) is 0 Å². The van der Waals surface area contributed by atoms with Gasteiger partial charge >= 0.3 is 11.9 Å². The van der Waals surface area contributed by atoms with Crippen LogP contribution in [0.15, 0.2) is 102 Å². The summed E-state index contributed by atoms with van der Waals surface area (Å²) in [6, 6.07) is 20.5. The largest absolute Gasteiger partial charge is 0.494 e. The van der Waals surface area contributed by atoms with Crippen LogP contribution in [0, 0.1) is 6.92 Å². The van der Waals surface area contributed by atoms with Crippen molar-refractivity contribution in [2.75, 3.05) is 26.4 Å². The van der Waals surface area contributed by atoms with Gasteiger partial charge in [-0.25, -0.2) is 9.59 Å². The first kappa shape index (κ1) is 33.9. The molecule has 0 fully saturated rings. The summed E-state index contributed by atoms with van der Waals surface area (Å²) in [5.74, 6) is 0.597. The number of thioether (sulfide) groups is 1. The molecule has 8 nitrogen and oxygen atoms in total. The topological polar surface area (TPSA) is 100 Å². The molecule has 44 heavy (non-hydrogen) atoms. The van der Waals surface area contributed by atoms with Crippen LogP contribution in [-0.2, 0) is 19.1 Å². The Labute approximate surface area is 262 Å². The van der Waals surface area contributed by atoms with Crippen LogP contribution in [0.5, 0.6) is 11.5 Å². The fraction of sp³-hybridized carbons (Fsp3) is 0.257. The van der Waals surface area contributed by atoms with Crippen molar-refractivity contribution in [3.05, 3.63) is 109 Å². The van der Waals surface area contributed by atoms with E-state index in [2.05, 4.69) is 18.2 Å². The molecule has 3 aromatic carbocycles. The molecule has 0 atom stereocenters. The quantitative estimate of drug-likeness (QED) is 0.0478. The first-order valence-electron chi connectivity index (χ1n) is 14.3. The highest BCUT2D eigenvalue weighted by Crippen LogP contribution is 2.29. The second-order valence-corrected chi connectivity index (χ2v) is 10.6. The molecule has 0 bridgehead atoms. The van der Waals surface area contributed by atoms with Crippen molar-refractivity contribution < 1.29 is 33.3 Å². The van der Waals surface area contributed by atoms with E-state index in [1.807, 2.05) is 49.4 Å². The third kappa shape index (κ3) is 12.3. The van der Waals surface area contributed by atoms with Crippen molar-refractivity contribution >= 4 is 40.7 Å². The Morgan fingerprint density at radius 2 is 1.25 bits per heavy atom. The third-order valence-corrected chi connectivity index (χ3v) is 7.05. The Morgan fingerprint density at radius 3 is 1.77 bits per heavy atom. The summed E-state index contributed by atoms with van der Waals surface area (Å²) in [6.45, 7) is 10.4. The van der Waals surface area contributed by atoms with Gasteiger partial charge in [0.15, 0.2) is 0 Å². The van der Waals surface area contributed by atoms with E-state index in [-0.39, 0.29) is 5.12 Å². The van der Waals surface area contributed by atoms with Crippen LogP contribution in [0.3, 0.4) is 0 Å². The van der Waals surface area contributed by atoms with Crippen molar-refractivity contribution in [2.45, 2.75) is 37.5 Å². The monoisotopic (exact) mass is 615 g/mol. The van der Waals surface area contributed by atoms with Gasteiger partial charge in [0.05, 0.1) is 32.1 Å². The van der Waals surface area contributed by atoms with Gasteiger partial charge in [0, 0.05) is 28.8 Å². The normalized spacial score (nSPS) is 10.7. The zero-order valence-electron chi connectivity index (χ0n) is 24.9. The molecule has 0 saturated heterocycles. The molecule has 0 aromatic heterocycles. The second-order valence-electron chi connectivity index (χ2n) is 9.54. The van der Waals surface area contributed by atoms with Crippen molar-refractivity contribution in [2.24, 2.45) is 4.99 Å². The lowest BCUT2D eigenvalue weighted by Crippen LogP contribution is -2.04. The Balaban J connectivity index is 1.41. The van der Waals surface area contributed by atoms with Crippen LogP contribution in [0.4, 0.5) is 5.69 Å². The number of hydrogen-bond acceptors (Lipinski definition) is 9. The van der Waals surface area contributed by atoms with Crippen LogP contribution in [0.2, 0.25) is 0 Å². The molecule has 0 spiro atoms. The Kier molecular flexibility index (Phi) is 14.5. The van der Waals surface area contributed by atoms with Crippen LogP contribution >= 0.6 is 11.8 Å². The van der Waals surface area contributed by atoms with Crippen molar-refractivity contribution in [1.82, 2.24) is 0 Å². The maximum atomic E-state index is 12.8. The highest BCUT2D eigenvalue weighted by atomic mass is 32.2. The lowest BCUT2D eigenvalue weighted by Gasteiger charge is -2.08. The fourth-order valence-corrected chi connectivity index (χ4v) is 4.58. The minimum atomic E-state index is -0.426. The number of carbonyl (C=O) groups is 3. The van der Waals surface area contributed by atoms with Gasteiger partial charge in [0.1, 0.15) is 11.5 Å². The van der Waals surface area contributed by atoms with E-state index in [1.165, 1.54) is 11.8 Å². The number of hydrogen-bond donors (Lipinski definition) is 0.